The summed E-state index contributed by atoms with van der Waals surface area (Å²) in [4.78, 5) is 23.2. The number of halogens is 3. The van der Waals surface area contributed by atoms with Gasteiger partial charge >= 0.3 is 12.3 Å². The Morgan fingerprint density at radius 2 is 1.80 bits per heavy atom. The van der Waals surface area contributed by atoms with Crippen molar-refractivity contribution >= 4 is 23.4 Å². The van der Waals surface area contributed by atoms with Gasteiger partial charge in [0.1, 0.15) is 5.82 Å². The van der Waals surface area contributed by atoms with Gasteiger partial charge in [-0.1, -0.05) is 0 Å². The zero-order valence-electron chi connectivity index (χ0n) is 15.7. The number of benzene rings is 1. The molecule has 4 rings (SSSR count). The molecule has 0 saturated carbocycles. The van der Waals surface area contributed by atoms with Crippen molar-refractivity contribution in [2.45, 2.75) is 12.7 Å². The Morgan fingerprint density at radius 3 is 2.43 bits per heavy atom. The molecule has 3 heterocycles. The first-order valence-electron chi connectivity index (χ1n) is 9.15. The van der Waals surface area contributed by atoms with Crippen LogP contribution in [-0.2, 0) is 12.7 Å². The highest BCUT2D eigenvalue weighted by Crippen LogP contribution is 2.30. The van der Waals surface area contributed by atoms with E-state index < -0.39 is 17.8 Å². The van der Waals surface area contributed by atoms with Crippen LogP contribution in [0.25, 0.3) is 5.65 Å². The maximum absolute atomic E-state index is 12.7. The van der Waals surface area contributed by atoms with E-state index in [1.807, 2.05) is 0 Å². The molecule has 1 aliphatic rings. The van der Waals surface area contributed by atoms with Crippen LogP contribution in [0.2, 0.25) is 0 Å². The standard InChI is InChI=1S/C18H18F3N7O2/c19-18(20,21)12-1-3-13(4-2-12)23-16-24-14-5-6-22-15(28(14)25-16)11-26-7-9-27(10-8-26)17(29)30/h1-6H,7-11H2,(H,23,25)(H,29,30). The molecule has 1 aliphatic heterocycles. The summed E-state index contributed by atoms with van der Waals surface area (Å²) in [7, 11) is 0. The Morgan fingerprint density at radius 1 is 1.10 bits per heavy atom. The summed E-state index contributed by atoms with van der Waals surface area (Å²) in [5.41, 5.74) is 0.238. The number of amides is 1. The molecule has 9 nitrogen and oxygen atoms in total. The second kappa shape index (κ2) is 7.78. The number of piperazine rings is 1. The van der Waals surface area contributed by atoms with Gasteiger partial charge in [-0.2, -0.15) is 22.7 Å². The van der Waals surface area contributed by atoms with E-state index in [1.54, 1.807) is 16.8 Å². The van der Waals surface area contributed by atoms with Gasteiger partial charge in [0.05, 0.1) is 12.1 Å². The van der Waals surface area contributed by atoms with E-state index in [0.29, 0.717) is 49.9 Å². The minimum absolute atomic E-state index is 0.236. The van der Waals surface area contributed by atoms with Gasteiger partial charge < -0.3 is 15.3 Å². The Kier molecular flexibility index (Phi) is 5.16. The smallest absolute Gasteiger partial charge is 0.416 e. The third-order valence-corrected chi connectivity index (χ3v) is 4.80. The van der Waals surface area contributed by atoms with Crippen LogP contribution in [0.1, 0.15) is 11.4 Å². The number of aromatic nitrogens is 4. The molecular weight excluding hydrogens is 403 g/mol. The number of nitrogens with zero attached hydrogens (tertiary/aromatic N) is 6. The lowest BCUT2D eigenvalue weighted by Gasteiger charge is -2.32. The molecule has 2 aromatic heterocycles. The SMILES string of the molecule is O=C(O)N1CCN(Cc2nccc3nc(Nc4ccc(C(F)(F)F)cc4)nn23)CC1. The van der Waals surface area contributed by atoms with Crippen molar-refractivity contribution in [1.82, 2.24) is 29.4 Å². The van der Waals surface area contributed by atoms with Crippen molar-refractivity contribution in [2.24, 2.45) is 0 Å². The zero-order valence-corrected chi connectivity index (χ0v) is 15.7. The Labute approximate surface area is 168 Å². The molecule has 0 aliphatic carbocycles. The molecule has 1 saturated heterocycles. The predicted octanol–water partition coefficient (Wildman–Crippen LogP) is 2.68. The fourth-order valence-electron chi connectivity index (χ4n) is 3.20. The maximum atomic E-state index is 12.7. The number of nitrogens with one attached hydrogen (secondary N) is 1. The van der Waals surface area contributed by atoms with Gasteiger partial charge in [0.25, 0.3) is 0 Å². The molecule has 12 heteroatoms. The van der Waals surface area contributed by atoms with Gasteiger partial charge in [-0.25, -0.2) is 9.78 Å². The molecule has 0 radical (unpaired) electrons. The van der Waals surface area contributed by atoms with Crippen molar-refractivity contribution < 1.29 is 23.1 Å². The van der Waals surface area contributed by atoms with Crippen LogP contribution < -0.4 is 5.32 Å². The number of carboxylic acid groups (broad SMARTS) is 1. The van der Waals surface area contributed by atoms with E-state index >= 15 is 0 Å². The molecule has 1 amide bonds. The lowest BCUT2D eigenvalue weighted by Crippen LogP contribution is -2.48. The number of alkyl halides is 3. The number of carbonyl (C=O) groups is 1. The van der Waals surface area contributed by atoms with Gasteiger partial charge in [-0.05, 0) is 24.3 Å². The minimum Gasteiger partial charge on any atom is -0.465 e. The summed E-state index contributed by atoms with van der Waals surface area (Å²) in [5, 5.41) is 16.3. The van der Waals surface area contributed by atoms with E-state index in [0.717, 1.165) is 12.1 Å². The average molecular weight is 421 g/mol. The van der Waals surface area contributed by atoms with Crippen molar-refractivity contribution in [3.05, 3.63) is 47.9 Å². The van der Waals surface area contributed by atoms with Gasteiger partial charge in [-0.3, -0.25) is 4.90 Å². The number of anilines is 2. The number of hydrogen-bond donors (Lipinski definition) is 2. The van der Waals surface area contributed by atoms with E-state index in [9.17, 15) is 18.0 Å². The van der Waals surface area contributed by atoms with E-state index in [2.05, 4.69) is 25.3 Å². The van der Waals surface area contributed by atoms with Gasteiger partial charge in [-0.15, -0.1) is 5.10 Å². The second-order valence-electron chi connectivity index (χ2n) is 6.81. The first-order valence-corrected chi connectivity index (χ1v) is 9.15. The normalized spacial score (nSPS) is 15.5. The fraction of sp³-hybridized carbons (Fsp3) is 0.333. The minimum atomic E-state index is -4.39. The highest BCUT2D eigenvalue weighted by atomic mass is 19.4. The first kappa shape index (κ1) is 19.9. The van der Waals surface area contributed by atoms with Crippen LogP contribution in [0.15, 0.2) is 36.5 Å². The summed E-state index contributed by atoms with van der Waals surface area (Å²) >= 11 is 0. The molecule has 0 bridgehead atoms. The fourth-order valence-corrected chi connectivity index (χ4v) is 3.20. The summed E-state index contributed by atoms with van der Waals surface area (Å²) in [5.74, 6) is 0.865. The molecule has 0 unspecified atom stereocenters. The summed E-state index contributed by atoms with van der Waals surface area (Å²) in [6.45, 7) is 2.46. The quantitative estimate of drug-likeness (QED) is 0.668. The van der Waals surface area contributed by atoms with Gasteiger partial charge in [0, 0.05) is 44.1 Å². The average Bonchev–Trinajstić information content (AvgIpc) is 3.11. The van der Waals surface area contributed by atoms with Crippen molar-refractivity contribution in [1.29, 1.82) is 0 Å². The Hall–Kier alpha value is -3.41. The molecule has 1 aromatic carbocycles. The Bertz CT molecular complexity index is 1040. The lowest BCUT2D eigenvalue weighted by molar-refractivity contribution is -0.137. The van der Waals surface area contributed by atoms with Crippen LogP contribution >= 0.6 is 0 Å². The van der Waals surface area contributed by atoms with Crippen LogP contribution in [0.4, 0.5) is 29.6 Å². The summed E-state index contributed by atoms with van der Waals surface area (Å²) in [6, 6.07) is 6.28. The van der Waals surface area contributed by atoms with Crippen LogP contribution in [0.3, 0.4) is 0 Å². The lowest BCUT2D eigenvalue weighted by atomic mass is 10.2. The van der Waals surface area contributed by atoms with Crippen molar-refractivity contribution in [3.8, 4) is 0 Å². The molecule has 30 heavy (non-hydrogen) atoms. The second-order valence-corrected chi connectivity index (χ2v) is 6.81. The number of hydrogen-bond acceptors (Lipinski definition) is 6. The number of rotatable bonds is 4. The molecule has 3 aromatic rings. The zero-order chi connectivity index (χ0) is 21.3. The molecular formula is C18H18F3N7O2. The van der Waals surface area contributed by atoms with E-state index in [4.69, 9.17) is 5.11 Å². The maximum Gasteiger partial charge on any atom is 0.416 e. The van der Waals surface area contributed by atoms with Crippen molar-refractivity contribution in [3.63, 3.8) is 0 Å². The van der Waals surface area contributed by atoms with Crippen LogP contribution in [0, 0.1) is 0 Å². The third-order valence-electron chi connectivity index (χ3n) is 4.80. The summed E-state index contributed by atoms with van der Waals surface area (Å²) in [6.07, 6.45) is -3.71. The molecule has 0 atom stereocenters. The van der Waals surface area contributed by atoms with Gasteiger partial charge in [0.2, 0.25) is 5.95 Å². The van der Waals surface area contributed by atoms with E-state index in [-0.39, 0.29) is 5.95 Å². The van der Waals surface area contributed by atoms with E-state index in [1.165, 1.54) is 17.0 Å². The number of fused-ring (bicyclic) bond motifs is 1. The molecule has 0 spiro atoms. The van der Waals surface area contributed by atoms with Crippen LogP contribution in [-0.4, -0.2) is 66.8 Å². The summed E-state index contributed by atoms with van der Waals surface area (Å²) < 4.78 is 39.6. The molecule has 158 valence electrons. The highest BCUT2D eigenvalue weighted by molar-refractivity contribution is 5.65. The highest BCUT2D eigenvalue weighted by Gasteiger charge is 2.30. The predicted molar refractivity (Wildman–Crippen MR) is 100 cm³/mol. The molecule has 1 fully saturated rings. The third kappa shape index (κ3) is 4.27. The monoisotopic (exact) mass is 421 g/mol. The van der Waals surface area contributed by atoms with Gasteiger partial charge in [0.15, 0.2) is 5.65 Å². The topological polar surface area (TPSA) is 98.9 Å². The van der Waals surface area contributed by atoms with Crippen molar-refractivity contribution in [2.75, 3.05) is 31.5 Å². The first-order chi connectivity index (χ1) is 14.3. The largest absolute Gasteiger partial charge is 0.465 e. The molecule has 2 N–H and O–H groups in total. The van der Waals surface area contributed by atoms with Crippen LogP contribution in [0.5, 0.6) is 0 Å². The Balaban J connectivity index is 1.48.